The molecule has 2 spiro atoms. The first-order chi connectivity index (χ1) is 18.0. The van der Waals surface area contributed by atoms with Gasteiger partial charge in [0, 0.05) is 37.8 Å². The molecule has 3 saturated heterocycles. The second-order valence-electron chi connectivity index (χ2n) is 11.2. The van der Waals surface area contributed by atoms with Gasteiger partial charge in [-0.1, -0.05) is 31.0 Å². The lowest BCUT2D eigenvalue weighted by Gasteiger charge is -2.37. The van der Waals surface area contributed by atoms with Gasteiger partial charge in [-0.15, -0.1) is 0 Å². The summed E-state index contributed by atoms with van der Waals surface area (Å²) in [6.45, 7) is 1.90. The number of rotatable bonds is 5. The third-order valence-corrected chi connectivity index (χ3v) is 8.46. The SMILES string of the molecule is CC(NC(=O)c1ccccc1)C(=O)NC[C@H]1O[C@@H]2OC3(CCCCC3)O[C@@H]2[C@H]2OC3(CCCCC3)O[C@H]21. The van der Waals surface area contributed by atoms with E-state index in [1.54, 1.807) is 31.2 Å². The molecule has 1 unspecified atom stereocenters. The van der Waals surface area contributed by atoms with Crippen molar-refractivity contribution in [3.8, 4) is 0 Å². The Morgan fingerprint density at radius 2 is 1.43 bits per heavy atom. The number of carbonyl (C=O) groups is 2. The van der Waals surface area contributed by atoms with E-state index in [0.29, 0.717) is 5.56 Å². The van der Waals surface area contributed by atoms with Crippen molar-refractivity contribution in [1.29, 1.82) is 0 Å². The summed E-state index contributed by atoms with van der Waals surface area (Å²) in [4.78, 5) is 25.4. The monoisotopic (exact) mass is 514 g/mol. The Morgan fingerprint density at radius 1 is 0.838 bits per heavy atom. The fourth-order valence-electron chi connectivity index (χ4n) is 6.49. The van der Waals surface area contributed by atoms with E-state index in [1.165, 1.54) is 12.8 Å². The maximum absolute atomic E-state index is 12.9. The molecule has 3 aliphatic heterocycles. The van der Waals surface area contributed by atoms with E-state index in [2.05, 4.69) is 10.6 Å². The maximum Gasteiger partial charge on any atom is 0.251 e. The topological polar surface area (TPSA) is 104 Å². The molecule has 3 heterocycles. The molecule has 2 amide bonds. The Hall–Kier alpha value is -2.04. The second-order valence-corrected chi connectivity index (χ2v) is 11.2. The van der Waals surface area contributed by atoms with E-state index in [1.807, 2.05) is 6.07 Å². The molecule has 1 aromatic carbocycles. The summed E-state index contributed by atoms with van der Waals surface area (Å²) < 4.78 is 32.6. The minimum Gasteiger partial charge on any atom is -0.352 e. The van der Waals surface area contributed by atoms with Gasteiger partial charge in [0.25, 0.3) is 5.91 Å². The molecule has 0 bridgehead atoms. The summed E-state index contributed by atoms with van der Waals surface area (Å²) in [6, 6.07) is 8.15. The number of amides is 2. The lowest BCUT2D eigenvalue weighted by Crippen LogP contribution is -2.58. The number of hydrogen-bond acceptors (Lipinski definition) is 7. The third-order valence-electron chi connectivity index (χ3n) is 8.46. The lowest BCUT2D eigenvalue weighted by atomic mass is 9.94. The summed E-state index contributed by atoms with van der Waals surface area (Å²) in [5.41, 5.74) is 0.510. The summed E-state index contributed by atoms with van der Waals surface area (Å²) >= 11 is 0. The van der Waals surface area contributed by atoms with Crippen LogP contribution in [0.2, 0.25) is 0 Å². The molecule has 2 saturated carbocycles. The normalized spacial score (nSPS) is 34.5. The van der Waals surface area contributed by atoms with Gasteiger partial charge in [0.1, 0.15) is 30.5 Å². The summed E-state index contributed by atoms with van der Waals surface area (Å²) in [6.07, 6.45) is 8.03. The van der Waals surface area contributed by atoms with Crippen LogP contribution in [0.3, 0.4) is 0 Å². The molecular formula is C28H38N2O7. The van der Waals surface area contributed by atoms with E-state index in [4.69, 9.17) is 23.7 Å². The Bertz CT molecular complexity index is 976. The molecule has 1 aromatic rings. The Balaban J connectivity index is 1.13. The van der Waals surface area contributed by atoms with Gasteiger partial charge in [0.2, 0.25) is 5.91 Å². The van der Waals surface area contributed by atoms with Gasteiger partial charge in [-0.25, -0.2) is 0 Å². The van der Waals surface area contributed by atoms with Crippen LogP contribution in [-0.4, -0.2) is 66.7 Å². The van der Waals surface area contributed by atoms with Crippen LogP contribution < -0.4 is 10.6 Å². The number of nitrogens with one attached hydrogen (secondary N) is 2. The molecule has 9 heteroatoms. The third kappa shape index (κ3) is 5.04. The van der Waals surface area contributed by atoms with Gasteiger partial charge in [0.15, 0.2) is 17.9 Å². The van der Waals surface area contributed by atoms with Crippen LogP contribution in [0.25, 0.3) is 0 Å². The number of carbonyl (C=O) groups excluding carboxylic acids is 2. The quantitative estimate of drug-likeness (QED) is 0.622. The molecule has 37 heavy (non-hydrogen) atoms. The number of ether oxygens (including phenoxy) is 5. The Kier molecular flexibility index (Phi) is 7.00. The van der Waals surface area contributed by atoms with Crippen LogP contribution in [0.1, 0.15) is 81.5 Å². The van der Waals surface area contributed by atoms with Crippen LogP contribution in [0, 0.1) is 0 Å². The highest BCUT2D eigenvalue weighted by Crippen LogP contribution is 2.50. The molecule has 6 rings (SSSR count). The van der Waals surface area contributed by atoms with Crippen molar-refractivity contribution < 1.29 is 33.3 Å². The summed E-state index contributed by atoms with van der Waals surface area (Å²) in [7, 11) is 0. The predicted molar refractivity (Wildman–Crippen MR) is 132 cm³/mol. The molecule has 9 nitrogen and oxygen atoms in total. The average molecular weight is 515 g/mol. The smallest absolute Gasteiger partial charge is 0.251 e. The molecule has 6 atom stereocenters. The van der Waals surface area contributed by atoms with Crippen molar-refractivity contribution in [2.24, 2.45) is 0 Å². The minimum atomic E-state index is -0.707. The van der Waals surface area contributed by atoms with E-state index in [0.717, 1.165) is 51.4 Å². The van der Waals surface area contributed by atoms with Gasteiger partial charge in [-0.05, 0) is 44.7 Å². The largest absolute Gasteiger partial charge is 0.352 e. The summed E-state index contributed by atoms with van der Waals surface area (Å²) in [5, 5.41) is 5.71. The van der Waals surface area contributed by atoms with Gasteiger partial charge < -0.3 is 34.3 Å². The first-order valence-electron chi connectivity index (χ1n) is 14.0. The molecule has 0 aromatic heterocycles. The first kappa shape index (κ1) is 25.2. The molecule has 2 N–H and O–H groups in total. The van der Waals surface area contributed by atoms with Crippen LogP contribution in [-0.2, 0) is 28.5 Å². The predicted octanol–water partition coefficient (Wildman–Crippen LogP) is 3.17. The highest BCUT2D eigenvalue weighted by molar-refractivity contribution is 5.97. The molecule has 0 radical (unpaired) electrons. The summed E-state index contributed by atoms with van der Waals surface area (Å²) in [5.74, 6) is -1.80. The van der Waals surface area contributed by atoms with E-state index in [-0.39, 0.29) is 36.7 Å². The average Bonchev–Trinajstić information content (AvgIpc) is 3.46. The fraction of sp³-hybridized carbons (Fsp3) is 0.714. The second kappa shape index (κ2) is 10.3. The highest BCUT2D eigenvalue weighted by Gasteiger charge is 2.63. The molecule has 5 aliphatic rings. The number of hydrogen-bond donors (Lipinski definition) is 2. The maximum atomic E-state index is 12.9. The Labute approximate surface area is 217 Å². The van der Waals surface area contributed by atoms with Crippen molar-refractivity contribution in [3.05, 3.63) is 35.9 Å². The minimum absolute atomic E-state index is 0.227. The molecule has 5 fully saturated rings. The standard InChI is InChI=1S/C28H38N2O7/c1-18(30-25(32)19-11-5-2-6-12-19)24(31)29-17-20-21-22(35-27(34-21)13-7-3-8-14-27)23-26(33-20)37-28(36-23)15-9-4-10-16-28/h2,5-6,11-12,18,20-23,26H,3-4,7-10,13-17H2,1H3,(H,29,31)(H,30,32)/t18?,20-,21+,22+,23-,26-/m1/s1. The number of benzene rings is 1. The van der Waals surface area contributed by atoms with Crippen LogP contribution >= 0.6 is 0 Å². The highest BCUT2D eigenvalue weighted by atomic mass is 16.9. The van der Waals surface area contributed by atoms with Gasteiger partial charge in [-0.3, -0.25) is 9.59 Å². The van der Waals surface area contributed by atoms with Crippen molar-refractivity contribution in [2.75, 3.05) is 6.54 Å². The van der Waals surface area contributed by atoms with Crippen LogP contribution in [0.5, 0.6) is 0 Å². The van der Waals surface area contributed by atoms with Crippen molar-refractivity contribution >= 4 is 11.8 Å². The number of fused-ring (bicyclic) bond motifs is 3. The van der Waals surface area contributed by atoms with Gasteiger partial charge >= 0.3 is 0 Å². The van der Waals surface area contributed by atoms with Gasteiger partial charge in [0.05, 0.1) is 0 Å². The lowest BCUT2D eigenvalue weighted by molar-refractivity contribution is -0.249. The fourth-order valence-corrected chi connectivity index (χ4v) is 6.49. The van der Waals surface area contributed by atoms with Gasteiger partial charge in [-0.2, -0.15) is 0 Å². The Morgan fingerprint density at radius 3 is 2.11 bits per heavy atom. The van der Waals surface area contributed by atoms with Crippen molar-refractivity contribution in [2.45, 2.75) is 119 Å². The van der Waals surface area contributed by atoms with Crippen molar-refractivity contribution in [3.63, 3.8) is 0 Å². The van der Waals surface area contributed by atoms with Crippen molar-refractivity contribution in [1.82, 2.24) is 10.6 Å². The zero-order valence-electron chi connectivity index (χ0n) is 21.5. The van der Waals surface area contributed by atoms with E-state index >= 15 is 0 Å². The van der Waals surface area contributed by atoms with Crippen LogP contribution in [0.4, 0.5) is 0 Å². The molecule has 202 valence electrons. The zero-order chi connectivity index (χ0) is 25.5. The molecule has 2 aliphatic carbocycles. The zero-order valence-corrected chi connectivity index (χ0v) is 21.5. The molecular weight excluding hydrogens is 476 g/mol. The van der Waals surface area contributed by atoms with E-state index < -0.39 is 30.0 Å². The van der Waals surface area contributed by atoms with E-state index in [9.17, 15) is 9.59 Å². The van der Waals surface area contributed by atoms with Crippen LogP contribution in [0.15, 0.2) is 30.3 Å². The first-order valence-corrected chi connectivity index (χ1v) is 14.0.